The van der Waals surface area contributed by atoms with Crippen LogP contribution in [0.2, 0.25) is 0 Å². The van der Waals surface area contributed by atoms with E-state index < -0.39 is 5.72 Å². The molecule has 0 atom stereocenters. The third kappa shape index (κ3) is 2.68. The van der Waals surface area contributed by atoms with Gasteiger partial charge in [-0.25, -0.2) is 4.99 Å². The van der Waals surface area contributed by atoms with Gasteiger partial charge in [-0.2, -0.15) is 0 Å². The molecular formula is C15H18N2O2S. The number of thioether (sulfide) groups is 1. The Bertz CT molecular complexity index is 551. The smallest absolute Gasteiger partial charge is 0.227 e. The highest BCUT2D eigenvalue weighted by molar-refractivity contribution is 8.15. The molecule has 1 fully saturated rings. The van der Waals surface area contributed by atoms with Crippen LogP contribution in [-0.2, 0) is 4.79 Å². The molecule has 0 aromatic heterocycles. The Hall–Kier alpha value is -1.49. The van der Waals surface area contributed by atoms with E-state index >= 15 is 0 Å². The van der Waals surface area contributed by atoms with Crippen LogP contribution < -0.4 is 10.5 Å². The second-order valence-corrected chi connectivity index (χ2v) is 6.24. The average Bonchev–Trinajstić information content (AvgIpc) is 2.45. The van der Waals surface area contributed by atoms with Crippen LogP contribution in [0.5, 0.6) is 5.75 Å². The Morgan fingerprint density at radius 2 is 2.05 bits per heavy atom. The Morgan fingerprint density at radius 3 is 2.80 bits per heavy atom. The van der Waals surface area contributed by atoms with Crippen LogP contribution in [0, 0.1) is 0 Å². The van der Waals surface area contributed by atoms with Crippen LogP contribution in [0.1, 0.15) is 37.7 Å². The SMILES string of the molecule is NC(=O)CSC1=NC2(CCCCC2)Oc2ccccc21. The molecule has 4 nitrogen and oxygen atoms in total. The highest BCUT2D eigenvalue weighted by Crippen LogP contribution is 2.41. The van der Waals surface area contributed by atoms with E-state index in [4.69, 9.17) is 15.5 Å². The topological polar surface area (TPSA) is 64.7 Å². The zero-order chi connectivity index (χ0) is 14.0. The van der Waals surface area contributed by atoms with E-state index in [2.05, 4.69) is 0 Å². The Morgan fingerprint density at radius 1 is 1.30 bits per heavy atom. The summed E-state index contributed by atoms with van der Waals surface area (Å²) in [4.78, 5) is 15.9. The molecular weight excluding hydrogens is 272 g/mol. The lowest BCUT2D eigenvalue weighted by Gasteiger charge is -2.38. The molecule has 5 heteroatoms. The lowest BCUT2D eigenvalue weighted by Crippen LogP contribution is -2.40. The average molecular weight is 290 g/mol. The highest BCUT2D eigenvalue weighted by atomic mass is 32.2. The molecule has 0 bridgehead atoms. The van der Waals surface area contributed by atoms with Gasteiger partial charge in [-0.3, -0.25) is 4.79 Å². The van der Waals surface area contributed by atoms with Crippen molar-refractivity contribution in [1.29, 1.82) is 0 Å². The summed E-state index contributed by atoms with van der Waals surface area (Å²) < 4.78 is 6.18. The van der Waals surface area contributed by atoms with E-state index in [1.165, 1.54) is 18.2 Å². The summed E-state index contributed by atoms with van der Waals surface area (Å²) in [7, 11) is 0. The van der Waals surface area contributed by atoms with Gasteiger partial charge >= 0.3 is 0 Å². The maximum absolute atomic E-state index is 11.0. The summed E-state index contributed by atoms with van der Waals surface area (Å²) in [6, 6.07) is 7.89. The molecule has 1 amide bonds. The zero-order valence-corrected chi connectivity index (χ0v) is 12.1. The molecule has 1 aromatic carbocycles. The number of amides is 1. The molecule has 1 heterocycles. The number of hydrogen-bond acceptors (Lipinski definition) is 4. The molecule has 1 aromatic rings. The van der Waals surface area contributed by atoms with Crippen molar-refractivity contribution in [2.45, 2.75) is 37.8 Å². The second-order valence-electron chi connectivity index (χ2n) is 5.28. The fourth-order valence-corrected chi connectivity index (χ4v) is 3.61. The van der Waals surface area contributed by atoms with Crippen molar-refractivity contribution in [2.75, 3.05) is 5.75 Å². The van der Waals surface area contributed by atoms with Gasteiger partial charge in [0.1, 0.15) is 10.8 Å². The number of nitrogens with two attached hydrogens (primary N) is 1. The van der Waals surface area contributed by atoms with Crippen LogP contribution in [-0.4, -0.2) is 22.4 Å². The number of carbonyl (C=O) groups excluding carboxylic acids is 1. The molecule has 1 spiro atoms. The van der Waals surface area contributed by atoms with E-state index in [0.717, 1.165) is 42.0 Å². The largest absolute Gasteiger partial charge is 0.465 e. The van der Waals surface area contributed by atoms with E-state index in [-0.39, 0.29) is 11.7 Å². The normalized spacial score (nSPS) is 19.9. The minimum absolute atomic E-state index is 0.253. The number of aliphatic imine (C=N–C) groups is 1. The number of nitrogens with zero attached hydrogens (tertiary/aromatic N) is 1. The van der Waals surface area contributed by atoms with E-state index in [0.29, 0.717) is 0 Å². The Balaban J connectivity index is 1.94. The summed E-state index contributed by atoms with van der Waals surface area (Å²) in [6.07, 6.45) is 5.41. The van der Waals surface area contributed by atoms with Gasteiger partial charge < -0.3 is 10.5 Å². The molecule has 2 N–H and O–H groups in total. The summed E-state index contributed by atoms with van der Waals surface area (Å²) in [5.41, 5.74) is 5.80. The van der Waals surface area contributed by atoms with Crippen LogP contribution >= 0.6 is 11.8 Å². The number of hydrogen-bond donors (Lipinski definition) is 1. The molecule has 106 valence electrons. The van der Waals surface area contributed by atoms with Crippen LogP contribution in [0.25, 0.3) is 0 Å². The van der Waals surface area contributed by atoms with Crippen molar-refractivity contribution < 1.29 is 9.53 Å². The number of para-hydroxylation sites is 1. The van der Waals surface area contributed by atoms with Crippen molar-refractivity contribution in [1.82, 2.24) is 0 Å². The summed E-state index contributed by atoms with van der Waals surface area (Å²) >= 11 is 1.41. The van der Waals surface area contributed by atoms with Crippen molar-refractivity contribution >= 4 is 22.7 Å². The first kappa shape index (κ1) is 13.5. The number of rotatable bonds is 2. The van der Waals surface area contributed by atoms with E-state index in [1.807, 2.05) is 24.3 Å². The lowest BCUT2D eigenvalue weighted by molar-refractivity contribution is -0.115. The molecule has 20 heavy (non-hydrogen) atoms. The van der Waals surface area contributed by atoms with Crippen molar-refractivity contribution in [3.8, 4) is 5.75 Å². The fraction of sp³-hybridized carbons (Fsp3) is 0.467. The van der Waals surface area contributed by atoms with Gasteiger partial charge in [0.15, 0.2) is 0 Å². The first-order valence-corrected chi connectivity index (χ1v) is 7.96. The number of ether oxygens (including phenoxy) is 1. The van der Waals surface area contributed by atoms with Gasteiger partial charge in [0.05, 0.1) is 5.75 Å². The minimum atomic E-state index is -0.424. The maximum atomic E-state index is 11.0. The first-order valence-electron chi connectivity index (χ1n) is 6.98. The van der Waals surface area contributed by atoms with Gasteiger partial charge in [0.25, 0.3) is 0 Å². The van der Waals surface area contributed by atoms with Gasteiger partial charge in [-0.1, -0.05) is 30.3 Å². The summed E-state index contributed by atoms with van der Waals surface area (Å²) in [5.74, 6) is 0.805. The van der Waals surface area contributed by atoms with E-state index in [9.17, 15) is 4.79 Å². The lowest BCUT2D eigenvalue weighted by atomic mass is 9.91. The molecule has 2 aliphatic rings. The van der Waals surface area contributed by atoms with Gasteiger partial charge in [0.2, 0.25) is 11.6 Å². The zero-order valence-electron chi connectivity index (χ0n) is 11.3. The molecule has 0 radical (unpaired) electrons. The fourth-order valence-electron chi connectivity index (χ4n) is 2.77. The molecule has 1 saturated carbocycles. The predicted octanol–water partition coefficient (Wildman–Crippen LogP) is 2.70. The van der Waals surface area contributed by atoms with Crippen molar-refractivity contribution in [3.63, 3.8) is 0 Å². The molecule has 1 aliphatic heterocycles. The number of primary amides is 1. The van der Waals surface area contributed by atoms with Gasteiger partial charge in [-0.05, 0) is 25.0 Å². The third-order valence-corrected chi connectivity index (χ3v) is 4.72. The van der Waals surface area contributed by atoms with Crippen LogP contribution in [0.15, 0.2) is 29.3 Å². The molecule has 0 saturated heterocycles. The standard InChI is InChI=1S/C15H18N2O2S/c16-13(18)10-20-14-11-6-2-3-7-12(11)19-15(17-14)8-4-1-5-9-15/h2-3,6-7H,1,4-5,8-10H2,(H2,16,18). The molecule has 3 rings (SSSR count). The molecule has 0 unspecified atom stereocenters. The van der Waals surface area contributed by atoms with Crippen LogP contribution in [0.4, 0.5) is 0 Å². The van der Waals surface area contributed by atoms with Crippen molar-refractivity contribution in [2.24, 2.45) is 10.7 Å². The Kier molecular flexibility index (Phi) is 3.70. The minimum Gasteiger partial charge on any atom is -0.465 e. The highest BCUT2D eigenvalue weighted by Gasteiger charge is 2.38. The molecule has 1 aliphatic carbocycles. The van der Waals surface area contributed by atoms with E-state index in [1.54, 1.807) is 0 Å². The van der Waals surface area contributed by atoms with Gasteiger partial charge in [-0.15, -0.1) is 0 Å². The number of carbonyl (C=O) groups is 1. The first-order chi connectivity index (χ1) is 9.69. The van der Waals surface area contributed by atoms with Crippen LogP contribution in [0.3, 0.4) is 0 Å². The maximum Gasteiger partial charge on any atom is 0.227 e. The monoisotopic (exact) mass is 290 g/mol. The Labute approximate surface area is 122 Å². The van der Waals surface area contributed by atoms with Gasteiger partial charge in [0, 0.05) is 18.4 Å². The predicted molar refractivity (Wildman–Crippen MR) is 81.1 cm³/mol. The quantitative estimate of drug-likeness (QED) is 0.910. The second kappa shape index (κ2) is 5.48. The number of fused-ring (bicyclic) bond motifs is 1. The van der Waals surface area contributed by atoms with Crippen molar-refractivity contribution in [3.05, 3.63) is 29.8 Å². The summed E-state index contributed by atoms with van der Waals surface area (Å²) in [6.45, 7) is 0. The summed E-state index contributed by atoms with van der Waals surface area (Å²) in [5, 5.41) is 0.882. The third-order valence-electron chi connectivity index (χ3n) is 3.71. The number of benzene rings is 1.